The van der Waals surface area contributed by atoms with Gasteiger partial charge < -0.3 is 15.0 Å². The fraction of sp³-hybridized carbons (Fsp3) is 0.417. The number of fused-ring (bicyclic) bond motifs is 1. The normalized spacial score (nSPS) is 14.7. The molecule has 31 heavy (non-hydrogen) atoms. The number of rotatable bonds is 9. The van der Waals surface area contributed by atoms with Crippen LogP contribution in [-0.4, -0.2) is 61.7 Å². The third kappa shape index (κ3) is 5.95. The van der Waals surface area contributed by atoms with Gasteiger partial charge in [-0.3, -0.25) is 9.69 Å². The third-order valence-corrected chi connectivity index (χ3v) is 6.62. The van der Waals surface area contributed by atoms with Gasteiger partial charge in [-0.05, 0) is 37.1 Å². The molecule has 1 amide bonds. The molecule has 0 bridgehead atoms. The van der Waals surface area contributed by atoms with Crippen molar-refractivity contribution in [1.82, 2.24) is 15.2 Å². The van der Waals surface area contributed by atoms with Crippen LogP contribution in [0.2, 0.25) is 0 Å². The van der Waals surface area contributed by atoms with Crippen LogP contribution in [0.4, 0.5) is 5.13 Å². The lowest BCUT2D eigenvalue weighted by Gasteiger charge is -2.34. The number of benzene rings is 2. The lowest BCUT2D eigenvalue weighted by Crippen LogP contribution is -2.48. The van der Waals surface area contributed by atoms with Crippen molar-refractivity contribution in [3.8, 4) is 5.75 Å². The monoisotopic (exact) mass is 438 g/mol. The van der Waals surface area contributed by atoms with E-state index in [0.717, 1.165) is 55.5 Å². The van der Waals surface area contributed by atoms with Crippen LogP contribution < -0.4 is 15.0 Å². The maximum atomic E-state index is 12.1. The summed E-state index contributed by atoms with van der Waals surface area (Å²) in [7, 11) is 0. The number of piperazine rings is 1. The van der Waals surface area contributed by atoms with E-state index in [1.807, 2.05) is 37.3 Å². The fourth-order valence-electron chi connectivity index (χ4n) is 3.79. The van der Waals surface area contributed by atoms with Crippen molar-refractivity contribution in [2.75, 3.05) is 50.8 Å². The van der Waals surface area contributed by atoms with E-state index >= 15 is 0 Å². The van der Waals surface area contributed by atoms with Crippen LogP contribution >= 0.6 is 11.3 Å². The summed E-state index contributed by atoms with van der Waals surface area (Å²) < 4.78 is 6.77. The van der Waals surface area contributed by atoms with Gasteiger partial charge in [0.1, 0.15) is 5.75 Å². The molecule has 164 valence electrons. The maximum absolute atomic E-state index is 12.1. The first-order valence-corrected chi connectivity index (χ1v) is 11.8. The average molecular weight is 439 g/mol. The summed E-state index contributed by atoms with van der Waals surface area (Å²) in [6.07, 6.45) is 1.33. The standard InChI is InChI=1S/C24H30N4O2S/c1-2-30-20-9-10-21-22(18-20)31-24(26-21)28-16-14-27(15-17-28)13-12-25-23(29)11-8-19-6-4-3-5-7-19/h3-7,9-10,18H,2,8,11-17H2,1H3,(H,25,29). The van der Waals surface area contributed by atoms with Crippen LogP contribution in [-0.2, 0) is 11.2 Å². The minimum atomic E-state index is 0.128. The number of carbonyl (C=O) groups excluding carboxylic acids is 1. The molecular weight excluding hydrogens is 408 g/mol. The quantitative estimate of drug-likeness (QED) is 0.554. The Hall–Kier alpha value is -2.64. The second kappa shape index (κ2) is 10.6. The number of anilines is 1. The van der Waals surface area contributed by atoms with Crippen molar-refractivity contribution in [1.29, 1.82) is 0 Å². The van der Waals surface area contributed by atoms with Gasteiger partial charge >= 0.3 is 0 Å². The Labute approximate surface area is 187 Å². The Kier molecular flexibility index (Phi) is 7.38. The molecule has 0 saturated carbocycles. The predicted molar refractivity (Wildman–Crippen MR) is 127 cm³/mol. The molecule has 1 fully saturated rings. The van der Waals surface area contributed by atoms with Gasteiger partial charge in [0.25, 0.3) is 0 Å². The molecule has 4 rings (SSSR count). The average Bonchev–Trinajstić information content (AvgIpc) is 3.22. The van der Waals surface area contributed by atoms with Crippen molar-refractivity contribution in [2.45, 2.75) is 19.8 Å². The highest BCUT2D eigenvalue weighted by Gasteiger charge is 2.20. The SMILES string of the molecule is CCOc1ccc2nc(N3CCN(CCNC(=O)CCc4ccccc4)CC3)sc2c1. The van der Waals surface area contributed by atoms with Gasteiger partial charge in [-0.1, -0.05) is 41.7 Å². The highest BCUT2D eigenvalue weighted by molar-refractivity contribution is 7.22. The summed E-state index contributed by atoms with van der Waals surface area (Å²) >= 11 is 1.73. The fourth-order valence-corrected chi connectivity index (χ4v) is 4.84. The minimum absolute atomic E-state index is 0.128. The van der Waals surface area contributed by atoms with E-state index in [1.165, 1.54) is 10.3 Å². The predicted octanol–water partition coefficient (Wildman–Crippen LogP) is 3.57. The van der Waals surface area contributed by atoms with E-state index in [0.29, 0.717) is 19.6 Å². The largest absolute Gasteiger partial charge is 0.494 e. The van der Waals surface area contributed by atoms with Gasteiger partial charge in [0.2, 0.25) is 5.91 Å². The van der Waals surface area contributed by atoms with Gasteiger partial charge in [-0.15, -0.1) is 0 Å². The van der Waals surface area contributed by atoms with Crippen LogP contribution in [0.25, 0.3) is 10.2 Å². The summed E-state index contributed by atoms with van der Waals surface area (Å²) in [5.74, 6) is 1.03. The number of hydrogen-bond donors (Lipinski definition) is 1. The molecule has 7 heteroatoms. The first-order valence-electron chi connectivity index (χ1n) is 11.0. The van der Waals surface area contributed by atoms with Crippen LogP contribution in [0.1, 0.15) is 18.9 Å². The molecule has 2 aromatic carbocycles. The molecule has 1 saturated heterocycles. The molecule has 0 spiro atoms. The number of aryl methyl sites for hydroxylation is 1. The number of carbonyl (C=O) groups is 1. The van der Waals surface area contributed by atoms with Gasteiger partial charge in [0.05, 0.1) is 16.8 Å². The van der Waals surface area contributed by atoms with Gasteiger partial charge in [0, 0.05) is 45.7 Å². The summed E-state index contributed by atoms with van der Waals surface area (Å²) in [6, 6.07) is 16.3. The first kappa shape index (κ1) is 21.6. The van der Waals surface area contributed by atoms with E-state index in [4.69, 9.17) is 9.72 Å². The summed E-state index contributed by atoms with van der Waals surface area (Å²) in [5, 5.41) is 4.14. The second-order valence-corrected chi connectivity index (χ2v) is 8.73. The maximum Gasteiger partial charge on any atom is 0.220 e. The molecule has 0 aliphatic carbocycles. The molecule has 0 radical (unpaired) electrons. The first-order chi connectivity index (χ1) is 15.2. The Balaban J connectivity index is 1.18. The van der Waals surface area contributed by atoms with Crippen molar-refractivity contribution in [2.24, 2.45) is 0 Å². The number of nitrogens with zero attached hydrogens (tertiary/aromatic N) is 3. The molecular formula is C24H30N4O2S. The number of amides is 1. The van der Waals surface area contributed by atoms with Gasteiger partial charge in [-0.25, -0.2) is 4.98 Å². The number of hydrogen-bond acceptors (Lipinski definition) is 6. The van der Waals surface area contributed by atoms with Gasteiger partial charge in [0.15, 0.2) is 5.13 Å². The minimum Gasteiger partial charge on any atom is -0.494 e. The van der Waals surface area contributed by atoms with Crippen LogP contribution in [0.5, 0.6) is 5.75 Å². The molecule has 3 aromatic rings. The van der Waals surface area contributed by atoms with Crippen molar-refractivity contribution in [3.63, 3.8) is 0 Å². The second-order valence-electron chi connectivity index (χ2n) is 7.72. The van der Waals surface area contributed by atoms with Crippen molar-refractivity contribution < 1.29 is 9.53 Å². The zero-order valence-corrected chi connectivity index (χ0v) is 18.9. The molecule has 6 nitrogen and oxygen atoms in total. The number of thiazole rings is 1. The highest BCUT2D eigenvalue weighted by Crippen LogP contribution is 2.31. The Morgan fingerprint density at radius 3 is 2.71 bits per heavy atom. The van der Waals surface area contributed by atoms with Crippen LogP contribution in [0.15, 0.2) is 48.5 Å². The van der Waals surface area contributed by atoms with E-state index in [2.05, 4.69) is 33.3 Å². The zero-order valence-electron chi connectivity index (χ0n) is 18.0. The molecule has 2 heterocycles. The molecule has 1 aromatic heterocycles. The number of ether oxygens (including phenoxy) is 1. The van der Waals surface area contributed by atoms with Crippen molar-refractivity contribution in [3.05, 3.63) is 54.1 Å². The summed E-state index contributed by atoms with van der Waals surface area (Å²) in [6.45, 7) is 8.15. The lowest BCUT2D eigenvalue weighted by atomic mass is 10.1. The molecule has 1 N–H and O–H groups in total. The topological polar surface area (TPSA) is 57.7 Å². The highest BCUT2D eigenvalue weighted by atomic mass is 32.1. The Bertz CT molecular complexity index is 984. The number of nitrogens with one attached hydrogen (secondary N) is 1. The van der Waals surface area contributed by atoms with E-state index in [-0.39, 0.29) is 5.91 Å². The van der Waals surface area contributed by atoms with Crippen LogP contribution in [0, 0.1) is 0 Å². The molecule has 0 atom stereocenters. The smallest absolute Gasteiger partial charge is 0.220 e. The Morgan fingerprint density at radius 1 is 1.13 bits per heavy atom. The molecule has 0 unspecified atom stereocenters. The van der Waals surface area contributed by atoms with E-state index in [9.17, 15) is 4.79 Å². The zero-order chi connectivity index (χ0) is 21.5. The summed E-state index contributed by atoms with van der Waals surface area (Å²) in [5.41, 5.74) is 2.24. The van der Waals surface area contributed by atoms with Gasteiger partial charge in [-0.2, -0.15) is 0 Å². The van der Waals surface area contributed by atoms with E-state index in [1.54, 1.807) is 11.3 Å². The molecule has 1 aliphatic heterocycles. The molecule has 1 aliphatic rings. The third-order valence-electron chi connectivity index (χ3n) is 5.54. The van der Waals surface area contributed by atoms with Crippen molar-refractivity contribution >= 4 is 32.6 Å². The lowest BCUT2D eigenvalue weighted by molar-refractivity contribution is -0.121. The Morgan fingerprint density at radius 2 is 1.94 bits per heavy atom. The van der Waals surface area contributed by atoms with Crippen LogP contribution in [0.3, 0.4) is 0 Å². The number of aromatic nitrogens is 1. The summed E-state index contributed by atoms with van der Waals surface area (Å²) in [4.78, 5) is 21.7. The van der Waals surface area contributed by atoms with E-state index < -0.39 is 0 Å².